The second-order valence-corrected chi connectivity index (χ2v) is 5.68. The van der Waals surface area contributed by atoms with E-state index in [0.717, 1.165) is 44.3 Å². The van der Waals surface area contributed by atoms with Crippen molar-refractivity contribution in [3.05, 3.63) is 16.1 Å². The van der Waals surface area contributed by atoms with Gasteiger partial charge in [0.1, 0.15) is 0 Å². The molecule has 0 radical (unpaired) electrons. The van der Waals surface area contributed by atoms with Crippen LogP contribution in [0.4, 0.5) is 0 Å². The van der Waals surface area contributed by atoms with E-state index >= 15 is 0 Å². The second-order valence-electron chi connectivity index (χ2n) is 4.36. The van der Waals surface area contributed by atoms with Crippen molar-refractivity contribution in [2.24, 2.45) is 0 Å². The second kappa shape index (κ2) is 6.44. The smallest absolute Gasteiger partial charge is 0.0897 e. The number of nitrogens with one attached hydrogen (secondary N) is 1. The standard InChI is InChI=1S/C12H21N3OS/c1-3-15-4-5-16-11(9-15)6-13-7-12-8-14-10(2)17-12/h8,11,13H,3-7,9H2,1-2H3. The van der Waals surface area contributed by atoms with Crippen LogP contribution in [-0.4, -0.2) is 48.8 Å². The summed E-state index contributed by atoms with van der Waals surface area (Å²) in [6.45, 7) is 10.2. The third-order valence-corrected chi connectivity index (χ3v) is 3.92. The zero-order valence-electron chi connectivity index (χ0n) is 10.6. The summed E-state index contributed by atoms with van der Waals surface area (Å²) in [5, 5.41) is 4.58. The van der Waals surface area contributed by atoms with E-state index in [4.69, 9.17) is 4.74 Å². The van der Waals surface area contributed by atoms with Crippen molar-refractivity contribution in [3.8, 4) is 0 Å². The van der Waals surface area contributed by atoms with Gasteiger partial charge in [-0.1, -0.05) is 6.92 Å². The lowest BCUT2D eigenvalue weighted by atomic mass is 10.2. The molecule has 2 heterocycles. The minimum atomic E-state index is 0.331. The molecule has 0 saturated carbocycles. The Labute approximate surface area is 107 Å². The molecule has 17 heavy (non-hydrogen) atoms. The summed E-state index contributed by atoms with van der Waals surface area (Å²) >= 11 is 1.75. The maximum Gasteiger partial charge on any atom is 0.0897 e. The van der Waals surface area contributed by atoms with Crippen LogP contribution < -0.4 is 5.32 Å². The number of nitrogens with zero attached hydrogens (tertiary/aromatic N) is 2. The van der Waals surface area contributed by atoms with E-state index in [0.29, 0.717) is 6.10 Å². The van der Waals surface area contributed by atoms with Crippen molar-refractivity contribution in [1.82, 2.24) is 15.2 Å². The van der Waals surface area contributed by atoms with Gasteiger partial charge in [-0.3, -0.25) is 4.90 Å². The Balaban J connectivity index is 1.68. The van der Waals surface area contributed by atoms with E-state index in [9.17, 15) is 0 Å². The highest BCUT2D eigenvalue weighted by atomic mass is 32.1. The lowest BCUT2D eigenvalue weighted by Crippen LogP contribution is -2.46. The molecule has 1 aromatic rings. The van der Waals surface area contributed by atoms with Gasteiger partial charge in [-0.2, -0.15) is 0 Å². The van der Waals surface area contributed by atoms with Gasteiger partial charge in [-0.25, -0.2) is 4.98 Å². The van der Waals surface area contributed by atoms with Crippen LogP contribution in [0.3, 0.4) is 0 Å². The number of morpholine rings is 1. The lowest BCUT2D eigenvalue weighted by Gasteiger charge is -2.32. The molecular weight excluding hydrogens is 234 g/mol. The predicted molar refractivity (Wildman–Crippen MR) is 70.4 cm³/mol. The molecule has 96 valence electrons. The number of thiazole rings is 1. The van der Waals surface area contributed by atoms with Crippen LogP contribution in [0.1, 0.15) is 16.8 Å². The molecule has 0 amide bonds. The first-order chi connectivity index (χ1) is 8.28. The average Bonchev–Trinajstić information content (AvgIpc) is 2.75. The third kappa shape index (κ3) is 4.03. The van der Waals surface area contributed by atoms with Gasteiger partial charge in [-0.15, -0.1) is 11.3 Å². The fourth-order valence-electron chi connectivity index (χ4n) is 2.03. The Morgan fingerprint density at radius 2 is 2.53 bits per heavy atom. The van der Waals surface area contributed by atoms with Crippen LogP contribution in [0.15, 0.2) is 6.20 Å². The number of likely N-dealkylation sites (N-methyl/N-ethyl adjacent to an activating group) is 1. The molecule has 0 aromatic carbocycles. The number of aryl methyl sites for hydroxylation is 1. The van der Waals surface area contributed by atoms with Crippen molar-refractivity contribution >= 4 is 11.3 Å². The van der Waals surface area contributed by atoms with Gasteiger partial charge in [0.15, 0.2) is 0 Å². The lowest BCUT2D eigenvalue weighted by molar-refractivity contribution is -0.0253. The molecule has 1 atom stereocenters. The highest BCUT2D eigenvalue weighted by molar-refractivity contribution is 7.11. The van der Waals surface area contributed by atoms with E-state index in [1.54, 1.807) is 11.3 Å². The van der Waals surface area contributed by atoms with Gasteiger partial charge >= 0.3 is 0 Å². The van der Waals surface area contributed by atoms with Gasteiger partial charge in [0.25, 0.3) is 0 Å². The van der Waals surface area contributed by atoms with Crippen molar-refractivity contribution in [2.45, 2.75) is 26.5 Å². The predicted octanol–water partition coefficient (Wildman–Crippen LogP) is 1.26. The molecule has 4 nitrogen and oxygen atoms in total. The van der Waals surface area contributed by atoms with Crippen molar-refractivity contribution in [1.29, 1.82) is 0 Å². The average molecular weight is 255 g/mol. The molecular formula is C12H21N3OS. The Morgan fingerprint density at radius 3 is 3.24 bits per heavy atom. The zero-order chi connectivity index (χ0) is 12.1. The molecule has 1 fully saturated rings. The summed E-state index contributed by atoms with van der Waals surface area (Å²) in [6.07, 6.45) is 2.28. The molecule has 0 bridgehead atoms. The van der Waals surface area contributed by atoms with Gasteiger partial charge in [0, 0.05) is 37.3 Å². The number of aromatic nitrogens is 1. The SMILES string of the molecule is CCN1CCOC(CNCc2cnc(C)s2)C1. The van der Waals surface area contributed by atoms with Crippen molar-refractivity contribution in [2.75, 3.05) is 32.8 Å². The molecule has 1 aromatic heterocycles. The third-order valence-electron chi connectivity index (χ3n) is 3.01. The number of hydrogen-bond donors (Lipinski definition) is 1. The quantitative estimate of drug-likeness (QED) is 0.859. The minimum Gasteiger partial charge on any atom is -0.374 e. The number of rotatable bonds is 5. The molecule has 2 rings (SSSR count). The van der Waals surface area contributed by atoms with Crippen LogP contribution in [-0.2, 0) is 11.3 Å². The van der Waals surface area contributed by atoms with Crippen LogP contribution in [0, 0.1) is 6.92 Å². The van der Waals surface area contributed by atoms with Crippen LogP contribution in [0.25, 0.3) is 0 Å². The van der Waals surface area contributed by atoms with Crippen LogP contribution in [0.5, 0.6) is 0 Å². The van der Waals surface area contributed by atoms with E-state index in [1.165, 1.54) is 4.88 Å². The zero-order valence-corrected chi connectivity index (χ0v) is 11.4. The van der Waals surface area contributed by atoms with E-state index in [-0.39, 0.29) is 0 Å². The van der Waals surface area contributed by atoms with Gasteiger partial charge in [0.05, 0.1) is 17.7 Å². The maximum atomic E-state index is 5.74. The normalized spacial score (nSPS) is 21.9. The van der Waals surface area contributed by atoms with Crippen LogP contribution >= 0.6 is 11.3 Å². The van der Waals surface area contributed by atoms with Gasteiger partial charge < -0.3 is 10.1 Å². The first kappa shape index (κ1) is 13.0. The fraction of sp³-hybridized carbons (Fsp3) is 0.750. The summed E-state index contributed by atoms with van der Waals surface area (Å²) in [7, 11) is 0. The monoisotopic (exact) mass is 255 g/mol. The van der Waals surface area contributed by atoms with Gasteiger partial charge in [-0.05, 0) is 13.5 Å². The van der Waals surface area contributed by atoms with E-state index < -0.39 is 0 Å². The molecule has 0 aliphatic carbocycles. The highest BCUT2D eigenvalue weighted by Crippen LogP contribution is 2.11. The van der Waals surface area contributed by atoms with Crippen molar-refractivity contribution in [3.63, 3.8) is 0 Å². The van der Waals surface area contributed by atoms with Crippen molar-refractivity contribution < 1.29 is 4.74 Å². The molecule has 0 spiro atoms. The summed E-state index contributed by atoms with van der Waals surface area (Å²) < 4.78 is 5.74. The molecule has 1 N–H and O–H groups in total. The molecule has 1 unspecified atom stereocenters. The Hall–Kier alpha value is -0.490. The topological polar surface area (TPSA) is 37.4 Å². The summed E-state index contributed by atoms with van der Waals surface area (Å²) in [4.78, 5) is 7.98. The fourth-order valence-corrected chi connectivity index (χ4v) is 2.80. The Kier molecular flexibility index (Phi) is 4.91. The van der Waals surface area contributed by atoms with E-state index in [2.05, 4.69) is 22.1 Å². The highest BCUT2D eigenvalue weighted by Gasteiger charge is 2.18. The maximum absolute atomic E-state index is 5.74. The molecule has 5 heteroatoms. The van der Waals surface area contributed by atoms with Crippen LogP contribution in [0.2, 0.25) is 0 Å². The molecule has 1 aliphatic rings. The summed E-state index contributed by atoms with van der Waals surface area (Å²) in [5.74, 6) is 0. The summed E-state index contributed by atoms with van der Waals surface area (Å²) in [6, 6.07) is 0. The first-order valence-corrected chi connectivity index (χ1v) is 7.05. The number of ether oxygens (including phenoxy) is 1. The first-order valence-electron chi connectivity index (χ1n) is 6.24. The molecule has 1 aliphatic heterocycles. The summed E-state index contributed by atoms with van der Waals surface area (Å²) in [5.41, 5.74) is 0. The Morgan fingerprint density at radius 1 is 1.65 bits per heavy atom. The number of hydrogen-bond acceptors (Lipinski definition) is 5. The van der Waals surface area contributed by atoms with Gasteiger partial charge in [0.2, 0.25) is 0 Å². The largest absolute Gasteiger partial charge is 0.374 e. The molecule has 1 saturated heterocycles. The Bertz CT molecular complexity index is 342. The minimum absolute atomic E-state index is 0.331. The van der Waals surface area contributed by atoms with E-state index in [1.807, 2.05) is 13.1 Å².